The quantitative estimate of drug-likeness (QED) is 0.232. The molecule has 1 aromatic carbocycles. The summed E-state index contributed by atoms with van der Waals surface area (Å²) in [5.74, 6) is -1.13. The summed E-state index contributed by atoms with van der Waals surface area (Å²) in [4.78, 5) is 41.3. The van der Waals surface area contributed by atoms with Crippen LogP contribution in [0.15, 0.2) is 18.2 Å². The lowest BCUT2D eigenvalue weighted by molar-refractivity contribution is -0.146. The molecule has 2 amide bonds. The van der Waals surface area contributed by atoms with Crippen molar-refractivity contribution in [2.24, 2.45) is 11.3 Å². The summed E-state index contributed by atoms with van der Waals surface area (Å²) in [5, 5.41) is 20.6. The van der Waals surface area contributed by atoms with Crippen LogP contribution in [0.5, 0.6) is 5.75 Å². The van der Waals surface area contributed by atoms with Gasteiger partial charge in [0.2, 0.25) is 11.8 Å². The lowest BCUT2D eigenvalue weighted by Gasteiger charge is -2.30. The number of amides is 2. The maximum Gasteiger partial charge on any atom is 0.328 e. The number of aliphatic hydroxyl groups is 1. The zero-order chi connectivity index (χ0) is 27.3. The lowest BCUT2D eigenvalue weighted by atomic mass is 9.87. The predicted octanol–water partition coefficient (Wildman–Crippen LogP) is 2.79. The molecule has 5 N–H and O–H groups in total. The molecule has 1 aliphatic heterocycles. The van der Waals surface area contributed by atoms with Gasteiger partial charge in [-0.1, -0.05) is 32.4 Å². The van der Waals surface area contributed by atoms with Gasteiger partial charge in [0, 0.05) is 23.4 Å². The number of H-pyrrole nitrogens is 1. The molecule has 10 nitrogen and oxygen atoms in total. The molecule has 2 aromatic rings. The predicted molar refractivity (Wildman–Crippen MR) is 140 cm³/mol. The van der Waals surface area contributed by atoms with Crippen LogP contribution >= 0.6 is 11.6 Å². The number of aliphatic hydroxyl groups excluding tert-OH is 1. The summed E-state index contributed by atoms with van der Waals surface area (Å²) < 4.78 is 10.2. The Morgan fingerprint density at radius 1 is 1.24 bits per heavy atom. The molecule has 0 saturated carbocycles. The summed E-state index contributed by atoms with van der Waals surface area (Å²) in [6.45, 7) is 6.52. The first kappa shape index (κ1) is 28.7. The zero-order valence-electron chi connectivity index (χ0n) is 21.9. The van der Waals surface area contributed by atoms with Gasteiger partial charge >= 0.3 is 5.97 Å². The van der Waals surface area contributed by atoms with Gasteiger partial charge in [0.15, 0.2) is 0 Å². The van der Waals surface area contributed by atoms with Gasteiger partial charge in [0.25, 0.3) is 0 Å². The van der Waals surface area contributed by atoms with Gasteiger partial charge in [-0.15, -0.1) is 0 Å². The van der Waals surface area contributed by atoms with E-state index in [2.05, 4.69) is 20.9 Å². The number of methoxy groups -OCH3 is 2. The molecule has 2 heterocycles. The van der Waals surface area contributed by atoms with Crippen molar-refractivity contribution in [1.82, 2.24) is 20.9 Å². The number of ether oxygens (including phenoxy) is 2. The van der Waals surface area contributed by atoms with Gasteiger partial charge in [-0.25, -0.2) is 4.79 Å². The molecule has 1 fully saturated rings. The van der Waals surface area contributed by atoms with Gasteiger partial charge in [0.05, 0.1) is 31.0 Å². The number of fused-ring (bicyclic) bond motifs is 1. The Hall–Kier alpha value is -2.82. The molecule has 1 unspecified atom stereocenters. The van der Waals surface area contributed by atoms with E-state index in [1.54, 1.807) is 18.2 Å². The lowest BCUT2D eigenvalue weighted by Crippen LogP contribution is -2.53. The Morgan fingerprint density at radius 3 is 2.59 bits per heavy atom. The summed E-state index contributed by atoms with van der Waals surface area (Å²) in [6.07, 6.45) is 0.706. The molecule has 204 valence electrons. The van der Waals surface area contributed by atoms with Crippen LogP contribution in [0.3, 0.4) is 0 Å². The second kappa shape index (κ2) is 12.1. The first-order valence-corrected chi connectivity index (χ1v) is 12.8. The Labute approximate surface area is 221 Å². The van der Waals surface area contributed by atoms with Crippen molar-refractivity contribution >= 4 is 40.3 Å². The third-order valence-electron chi connectivity index (χ3n) is 6.45. The van der Waals surface area contributed by atoms with E-state index < -0.39 is 36.1 Å². The minimum absolute atomic E-state index is 0.136. The number of carbonyl (C=O) groups is 3. The third kappa shape index (κ3) is 7.37. The molecular weight excluding hydrogens is 500 g/mol. The topological polar surface area (TPSA) is 142 Å². The number of rotatable bonds is 10. The van der Waals surface area contributed by atoms with Crippen LogP contribution in [0.4, 0.5) is 0 Å². The standard InChI is InChI=1S/C26H37ClN4O6/c1-26(2,3)13-19(24(34)30-18(25(35)37-5)11-14-7-6-10-28-22(14)32)31-23(33)17-12-15-16(29-17)8-9-20(36-4)21(15)27/h8-9,12,14,18-19,23,29,31,33H,6-7,10-11,13H2,1-5H3,(H,28,32)(H,30,34)/t14-,18-,19-,23?/m0/s1. The van der Waals surface area contributed by atoms with Crippen molar-refractivity contribution in [2.75, 3.05) is 20.8 Å². The van der Waals surface area contributed by atoms with Crippen molar-refractivity contribution in [3.8, 4) is 5.75 Å². The number of aromatic amines is 1. The van der Waals surface area contributed by atoms with Crippen molar-refractivity contribution in [2.45, 2.75) is 64.8 Å². The second-order valence-electron chi connectivity index (χ2n) is 10.6. The van der Waals surface area contributed by atoms with E-state index in [1.165, 1.54) is 14.2 Å². The van der Waals surface area contributed by atoms with Crippen LogP contribution in [-0.2, 0) is 19.1 Å². The van der Waals surface area contributed by atoms with Crippen LogP contribution in [0, 0.1) is 11.3 Å². The number of esters is 1. The molecule has 1 aromatic heterocycles. The fraction of sp³-hybridized carbons (Fsp3) is 0.577. The van der Waals surface area contributed by atoms with Crippen LogP contribution in [0.2, 0.25) is 5.02 Å². The molecule has 4 atom stereocenters. The Morgan fingerprint density at radius 2 is 1.97 bits per heavy atom. The van der Waals surface area contributed by atoms with Gasteiger partial charge in [-0.05, 0) is 49.3 Å². The highest BCUT2D eigenvalue weighted by Crippen LogP contribution is 2.34. The Bertz CT molecular complexity index is 1130. The average molecular weight is 537 g/mol. The second-order valence-corrected chi connectivity index (χ2v) is 11.0. The SMILES string of the molecule is COC(=O)[C@H](C[C@@H]1CCCNC1=O)NC(=O)[C@H](CC(C)(C)C)NC(O)c1cc2c(Cl)c(OC)ccc2[nH]1. The number of carbonyl (C=O) groups excluding carboxylic acids is 3. The maximum atomic E-state index is 13.4. The minimum Gasteiger partial charge on any atom is -0.495 e. The van der Waals surface area contributed by atoms with E-state index in [4.69, 9.17) is 21.1 Å². The molecule has 0 aliphatic carbocycles. The molecule has 3 rings (SSSR count). The fourth-order valence-electron chi connectivity index (χ4n) is 4.57. The number of aromatic nitrogens is 1. The van der Waals surface area contributed by atoms with Crippen molar-refractivity contribution in [3.05, 3.63) is 28.9 Å². The van der Waals surface area contributed by atoms with Crippen LogP contribution in [0.1, 0.15) is 58.4 Å². The largest absolute Gasteiger partial charge is 0.495 e. The monoisotopic (exact) mass is 536 g/mol. The van der Waals surface area contributed by atoms with Crippen molar-refractivity contribution in [3.63, 3.8) is 0 Å². The van der Waals surface area contributed by atoms with Crippen molar-refractivity contribution in [1.29, 1.82) is 0 Å². The van der Waals surface area contributed by atoms with E-state index in [1.807, 2.05) is 20.8 Å². The number of hydrogen-bond acceptors (Lipinski definition) is 7. The Kier molecular flexibility index (Phi) is 9.44. The molecule has 0 radical (unpaired) electrons. The number of benzene rings is 1. The Balaban J connectivity index is 1.79. The molecule has 0 spiro atoms. The highest BCUT2D eigenvalue weighted by atomic mass is 35.5. The summed E-state index contributed by atoms with van der Waals surface area (Å²) in [5.41, 5.74) is 0.839. The smallest absolute Gasteiger partial charge is 0.328 e. The fourth-order valence-corrected chi connectivity index (χ4v) is 4.87. The number of piperidine rings is 1. The average Bonchev–Trinajstić information content (AvgIpc) is 3.29. The first-order valence-electron chi connectivity index (χ1n) is 12.4. The van der Waals surface area contributed by atoms with Gasteiger partial charge < -0.3 is 30.2 Å². The summed E-state index contributed by atoms with van der Waals surface area (Å²) >= 11 is 6.41. The van der Waals surface area contributed by atoms with E-state index >= 15 is 0 Å². The zero-order valence-corrected chi connectivity index (χ0v) is 22.7. The molecule has 1 aliphatic rings. The molecule has 37 heavy (non-hydrogen) atoms. The van der Waals surface area contributed by atoms with Crippen LogP contribution in [-0.4, -0.2) is 60.7 Å². The number of hydrogen-bond donors (Lipinski definition) is 5. The van der Waals surface area contributed by atoms with Gasteiger partial charge in [0.1, 0.15) is 18.0 Å². The third-order valence-corrected chi connectivity index (χ3v) is 6.84. The number of halogens is 1. The van der Waals surface area contributed by atoms with E-state index in [9.17, 15) is 19.5 Å². The molecule has 11 heteroatoms. The highest BCUT2D eigenvalue weighted by molar-refractivity contribution is 6.37. The van der Waals surface area contributed by atoms with Gasteiger partial charge in [-0.3, -0.25) is 14.9 Å². The van der Waals surface area contributed by atoms with E-state index in [-0.39, 0.29) is 17.7 Å². The van der Waals surface area contributed by atoms with Gasteiger partial charge in [-0.2, -0.15) is 0 Å². The first-order chi connectivity index (χ1) is 17.4. The normalized spacial score (nSPS) is 18.6. The number of nitrogens with one attached hydrogen (secondary N) is 4. The molecule has 1 saturated heterocycles. The minimum atomic E-state index is -1.23. The van der Waals surface area contributed by atoms with E-state index in [0.29, 0.717) is 46.8 Å². The summed E-state index contributed by atoms with van der Waals surface area (Å²) in [6, 6.07) is 3.37. The van der Waals surface area contributed by atoms with Crippen LogP contribution < -0.4 is 20.7 Å². The van der Waals surface area contributed by atoms with Crippen molar-refractivity contribution < 1.29 is 29.0 Å². The van der Waals surface area contributed by atoms with E-state index in [0.717, 1.165) is 6.42 Å². The highest BCUT2D eigenvalue weighted by Gasteiger charge is 2.34. The summed E-state index contributed by atoms with van der Waals surface area (Å²) in [7, 11) is 2.77. The van der Waals surface area contributed by atoms with Crippen LogP contribution in [0.25, 0.3) is 10.9 Å². The maximum absolute atomic E-state index is 13.4. The molecular formula is C26H37ClN4O6. The molecule has 0 bridgehead atoms.